The van der Waals surface area contributed by atoms with Crippen molar-refractivity contribution in [1.82, 2.24) is 24.9 Å². The van der Waals surface area contributed by atoms with E-state index in [1.165, 1.54) is 31.3 Å². The molecule has 1 aromatic heterocycles. The monoisotopic (exact) mass is 701 g/mol. The number of rotatable bonds is 14. The standard InChI is InChI=1S/C33H28F5N5O7/c1-3-10-48-19-7-8-20(22(13-19)33(36,37)38)24-14-27(50-42-24)29(32(47)49-11-9-18(44)12-17(2)31(45)46)43-16-26-25(15-39-43)40-30(41-26)21-5-4-6-23(34)28(21)35/h4-8,13-17,29H,3,9-12H2,1-2H3,(H,45,46)/t17-,29?/m1/s1. The first-order valence-electron chi connectivity index (χ1n) is 15.1. The number of carbonyl (C=O) groups is 3. The average Bonchev–Trinajstić information content (AvgIpc) is 3.72. The Labute approximate surface area is 280 Å². The van der Waals surface area contributed by atoms with Gasteiger partial charge in [-0.05, 0) is 36.8 Å². The molecule has 2 atom stereocenters. The molecule has 50 heavy (non-hydrogen) atoms. The molecule has 0 bridgehead atoms. The van der Waals surface area contributed by atoms with Crippen molar-refractivity contribution in [2.75, 3.05) is 13.2 Å². The van der Waals surface area contributed by atoms with Gasteiger partial charge in [-0.25, -0.2) is 28.2 Å². The van der Waals surface area contributed by atoms with Crippen molar-refractivity contribution in [1.29, 1.82) is 0 Å². The van der Waals surface area contributed by atoms with Gasteiger partial charge in [-0.2, -0.15) is 18.3 Å². The molecule has 1 unspecified atom stereocenters. The Morgan fingerprint density at radius 2 is 1.76 bits per heavy atom. The highest BCUT2D eigenvalue weighted by Crippen LogP contribution is 2.40. The van der Waals surface area contributed by atoms with Gasteiger partial charge in [0.25, 0.3) is 0 Å². The van der Waals surface area contributed by atoms with Crippen molar-refractivity contribution in [3.05, 3.63) is 77.8 Å². The predicted molar refractivity (Wildman–Crippen MR) is 163 cm³/mol. The van der Waals surface area contributed by atoms with E-state index in [1.54, 1.807) is 6.92 Å². The zero-order valence-electron chi connectivity index (χ0n) is 26.4. The van der Waals surface area contributed by atoms with E-state index in [4.69, 9.17) is 19.1 Å². The van der Waals surface area contributed by atoms with Crippen molar-refractivity contribution in [2.24, 2.45) is 5.92 Å². The highest BCUT2D eigenvalue weighted by molar-refractivity contribution is 5.84. The molecular weight excluding hydrogens is 673 g/mol. The number of aromatic nitrogens is 5. The number of hydrogen-bond acceptors (Lipinski definition) is 10. The Kier molecular flexibility index (Phi) is 10.5. The van der Waals surface area contributed by atoms with Gasteiger partial charge < -0.3 is 19.1 Å². The van der Waals surface area contributed by atoms with Crippen molar-refractivity contribution in [2.45, 2.75) is 45.3 Å². The Bertz CT molecular complexity index is 1990. The molecule has 3 heterocycles. The summed E-state index contributed by atoms with van der Waals surface area (Å²) in [5, 5.41) is 17.0. The number of nitrogens with zero attached hydrogens (tertiary/aromatic N) is 5. The Morgan fingerprint density at radius 3 is 2.48 bits per heavy atom. The van der Waals surface area contributed by atoms with Gasteiger partial charge >= 0.3 is 18.1 Å². The molecule has 0 spiro atoms. The van der Waals surface area contributed by atoms with E-state index in [9.17, 15) is 36.3 Å². The van der Waals surface area contributed by atoms with E-state index in [1.807, 2.05) is 0 Å². The minimum atomic E-state index is -4.82. The zero-order valence-corrected chi connectivity index (χ0v) is 26.4. The van der Waals surface area contributed by atoms with Crippen molar-refractivity contribution in [3.8, 4) is 39.8 Å². The molecular formula is C33H28F5N5O7. The lowest BCUT2D eigenvalue weighted by Crippen LogP contribution is -2.26. The summed E-state index contributed by atoms with van der Waals surface area (Å²) in [7, 11) is 0. The molecule has 0 aliphatic carbocycles. The van der Waals surface area contributed by atoms with Crippen LogP contribution < -0.4 is 4.74 Å². The lowest BCUT2D eigenvalue weighted by molar-refractivity contribution is -0.148. The average molecular weight is 702 g/mol. The summed E-state index contributed by atoms with van der Waals surface area (Å²) >= 11 is 0. The van der Waals surface area contributed by atoms with Crippen LogP contribution in [0.4, 0.5) is 22.0 Å². The molecule has 3 aromatic rings. The first-order chi connectivity index (χ1) is 23.8. The lowest BCUT2D eigenvalue weighted by Gasteiger charge is -2.16. The number of halogens is 5. The van der Waals surface area contributed by atoms with E-state index >= 15 is 0 Å². The molecule has 2 aliphatic rings. The molecule has 2 aliphatic heterocycles. The number of ketones is 1. The minimum Gasteiger partial charge on any atom is -0.494 e. The predicted octanol–water partition coefficient (Wildman–Crippen LogP) is 6.39. The maximum Gasteiger partial charge on any atom is 0.417 e. The number of carboxylic acid groups (broad SMARTS) is 1. The van der Waals surface area contributed by atoms with Gasteiger partial charge in [0.1, 0.15) is 28.6 Å². The van der Waals surface area contributed by atoms with Gasteiger partial charge in [0.05, 0.1) is 42.7 Å². The number of Topliss-reactive ketones (excluding diaryl/α,β-unsaturated/α-hetero) is 1. The Morgan fingerprint density at radius 1 is 1.00 bits per heavy atom. The molecule has 0 fully saturated rings. The first kappa shape index (κ1) is 35.6. The second kappa shape index (κ2) is 14.8. The van der Waals surface area contributed by atoms with Gasteiger partial charge in [-0.1, -0.05) is 25.1 Å². The van der Waals surface area contributed by atoms with Gasteiger partial charge in [-0.15, -0.1) is 0 Å². The van der Waals surface area contributed by atoms with Crippen LogP contribution in [-0.2, 0) is 25.3 Å². The van der Waals surface area contributed by atoms with Gasteiger partial charge in [0, 0.05) is 24.5 Å². The maximum absolute atomic E-state index is 14.5. The number of esters is 1. The number of fused-ring (bicyclic) bond motifs is 1. The lowest BCUT2D eigenvalue weighted by atomic mass is 10.0. The van der Waals surface area contributed by atoms with Crippen LogP contribution >= 0.6 is 0 Å². The number of alkyl halides is 3. The van der Waals surface area contributed by atoms with Gasteiger partial charge in [0.15, 0.2) is 23.2 Å². The molecule has 12 nitrogen and oxygen atoms in total. The van der Waals surface area contributed by atoms with E-state index in [2.05, 4.69) is 20.2 Å². The van der Waals surface area contributed by atoms with Gasteiger partial charge in [-0.3, -0.25) is 9.59 Å². The number of aliphatic carboxylic acids is 1. The van der Waals surface area contributed by atoms with Crippen LogP contribution in [0.25, 0.3) is 34.0 Å². The van der Waals surface area contributed by atoms with Crippen molar-refractivity contribution < 1.29 is 55.4 Å². The topological polar surface area (TPSA) is 160 Å². The molecule has 1 N–H and O–H groups in total. The quantitative estimate of drug-likeness (QED) is 0.101. The maximum atomic E-state index is 14.5. The van der Waals surface area contributed by atoms with E-state index in [0.717, 1.165) is 35.1 Å². The molecule has 0 saturated carbocycles. The highest BCUT2D eigenvalue weighted by atomic mass is 19.4. The third-order valence-corrected chi connectivity index (χ3v) is 7.39. The fourth-order valence-corrected chi connectivity index (χ4v) is 4.84. The number of imidazole rings is 1. The molecule has 5 rings (SSSR count). The largest absolute Gasteiger partial charge is 0.494 e. The van der Waals surface area contributed by atoms with Crippen LogP contribution in [0.3, 0.4) is 0 Å². The second-order valence-electron chi connectivity index (χ2n) is 11.1. The summed E-state index contributed by atoms with van der Waals surface area (Å²) in [4.78, 5) is 45.2. The van der Waals surface area contributed by atoms with Crippen LogP contribution in [0.15, 0.2) is 59.4 Å². The first-order valence-corrected chi connectivity index (χ1v) is 15.1. The van der Waals surface area contributed by atoms with E-state index in [-0.39, 0.29) is 65.0 Å². The van der Waals surface area contributed by atoms with Crippen LogP contribution in [0.1, 0.15) is 50.5 Å². The fourth-order valence-electron chi connectivity index (χ4n) is 4.84. The molecule has 17 heteroatoms. The van der Waals surface area contributed by atoms with Crippen LogP contribution in [-0.4, -0.2) is 60.9 Å². The number of hydrogen-bond donors (Lipinski definition) is 1. The Hall–Kier alpha value is -5.74. The Balaban J connectivity index is 1.50. The third kappa shape index (κ3) is 7.93. The molecule has 262 valence electrons. The van der Waals surface area contributed by atoms with Crippen molar-refractivity contribution >= 4 is 17.7 Å². The molecule has 0 amide bonds. The summed E-state index contributed by atoms with van der Waals surface area (Å²) < 4.78 is 87.7. The summed E-state index contributed by atoms with van der Waals surface area (Å²) in [5.74, 6) is -6.52. The van der Waals surface area contributed by atoms with Crippen LogP contribution in [0.5, 0.6) is 5.75 Å². The summed E-state index contributed by atoms with van der Waals surface area (Å²) in [6.45, 7) is 2.87. The molecule has 0 radical (unpaired) electrons. The highest BCUT2D eigenvalue weighted by Gasteiger charge is 2.36. The summed E-state index contributed by atoms with van der Waals surface area (Å²) in [6, 6.07) is 6.21. The zero-order chi connectivity index (χ0) is 36.2. The minimum absolute atomic E-state index is 0.0123. The second-order valence-corrected chi connectivity index (χ2v) is 11.1. The van der Waals surface area contributed by atoms with Crippen LogP contribution in [0, 0.1) is 17.6 Å². The smallest absolute Gasteiger partial charge is 0.417 e. The van der Waals surface area contributed by atoms with E-state index < -0.39 is 59.7 Å². The number of carbonyl (C=O) groups excluding carboxylic acids is 2. The molecule has 2 aromatic carbocycles. The van der Waals surface area contributed by atoms with Gasteiger partial charge in [0.2, 0.25) is 6.04 Å². The van der Waals surface area contributed by atoms with Crippen molar-refractivity contribution in [3.63, 3.8) is 0 Å². The third-order valence-electron chi connectivity index (χ3n) is 7.39. The SMILES string of the molecule is CCCOc1ccc(-c2cc(C(C(=O)OCCC(=O)C[C@@H](C)C(=O)O)n3cc4nc(-c5cccc(F)c5F)nc-4cn3)on2)c(C(F)(F)F)c1. The molecule has 0 saturated heterocycles. The summed E-state index contributed by atoms with van der Waals surface area (Å²) in [6.07, 6.45) is -2.51. The summed E-state index contributed by atoms with van der Waals surface area (Å²) in [5.41, 5.74) is -1.78. The fraction of sp³-hybridized carbons (Fsp3) is 0.303. The number of carboxylic acids is 1. The van der Waals surface area contributed by atoms with Crippen LogP contribution in [0.2, 0.25) is 0 Å². The van der Waals surface area contributed by atoms with E-state index in [0.29, 0.717) is 6.42 Å². The number of ether oxygens (including phenoxy) is 2. The normalized spacial score (nSPS) is 12.9. The number of benzene rings is 2.